The summed E-state index contributed by atoms with van der Waals surface area (Å²) in [5, 5.41) is 12.9. The van der Waals surface area contributed by atoms with Crippen molar-refractivity contribution in [1.29, 1.82) is 0 Å². The van der Waals surface area contributed by atoms with Crippen molar-refractivity contribution < 1.29 is 5.11 Å². The first-order valence-corrected chi connectivity index (χ1v) is 7.66. The molecular formula is C16H18ClN3O. The van der Waals surface area contributed by atoms with Crippen molar-refractivity contribution in [3.8, 4) is 11.4 Å². The third kappa shape index (κ3) is 3.17. The minimum atomic E-state index is 0.0923. The molecule has 0 saturated heterocycles. The first kappa shape index (κ1) is 14.3. The molecule has 4 nitrogen and oxygen atoms in total. The Morgan fingerprint density at radius 2 is 1.86 bits per heavy atom. The first-order valence-electron chi connectivity index (χ1n) is 7.28. The number of nitrogens with one attached hydrogen (secondary N) is 1. The predicted molar refractivity (Wildman–Crippen MR) is 84.7 cm³/mol. The van der Waals surface area contributed by atoms with Crippen molar-refractivity contribution in [3.05, 3.63) is 40.5 Å². The Kier molecular flexibility index (Phi) is 4.36. The van der Waals surface area contributed by atoms with Crippen LogP contribution in [0, 0.1) is 0 Å². The smallest absolute Gasteiger partial charge is 0.161 e. The molecule has 1 heterocycles. The lowest BCUT2D eigenvalue weighted by Crippen LogP contribution is -2.15. The number of anilines is 1. The largest absolute Gasteiger partial charge is 0.395 e. The molecule has 0 amide bonds. The number of aryl methyl sites for hydroxylation is 1. The summed E-state index contributed by atoms with van der Waals surface area (Å²) in [4.78, 5) is 9.37. The van der Waals surface area contributed by atoms with Gasteiger partial charge in [-0.3, -0.25) is 0 Å². The zero-order valence-corrected chi connectivity index (χ0v) is 12.5. The van der Waals surface area contributed by atoms with E-state index in [1.165, 1.54) is 18.4 Å². The van der Waals surface area contributed by atoms with E-state index in [4.69, 9.17) is 21.7 Å². The highest BCUT2D eigenvalue weighted by Crippen LogP contribution is 2.28. The Morgan fingerprint density at radius 3 is 2.62 bits per heavy atom. The summed E-state index contributed by atoms with van der Waals surface area (Å²) in [6.45, 7) is 0.596. The van der Waals surface area contributed by atoms with Gasteiger partial charge in [0.2, 0.25) is 0 Å². The molecule has 0 bridgehead atoms. The highest BCUT2D eigenvalue weighted by Gasteiger charge is 2.18. The fourth-order valence-electron chi connectivity index (χ4n) is 2.64. The lowest BCUT2D eigenvalue weighted by Gasteiger charge is -2.19. The molecular weight excluding hydrogens is 286 g/mol. The summed E-state index contributed by atoms with van der Waals surface area (Å²) in [6.07, 6.45) is 4.34. The minimum Gasteiger partial charge on any atom is -0.395 e. The lowest BCUT2D eigenvalue weighted by molar-refractivity contribution is 0.311. The van der Waals surface area contributed by atoms with Crippen molar-refractivity contribution in [2.24, 2.45) is 0 Å². The molecule has 0 fully saturated rings. The summed E-state index contributed by atoms with van der Waals surface area (Å²) in [7, 11) is 0. The van der Waals surface area contributed by atoms with Crippen LogP contribution < -0.4 is 5.32 Å². The number of halogens is 1. The van der Waals surface area contributed by atoms with E-state index in [0.29, 0.717) is 17.4 Å². The van der Waals surface area contributed by atoms with E-state index in [-0.39, 0.29) is 6.61 Å². The van der Waals surface area contributed by atoms with Gasteiger partial charge in [-0.1, -0.05) is 11.6 Å². The molecule has 3 rings (SSSR count). The van der Waals surface area contributed by atoms with Crippen LogP contribution >= 0.6 is 11.6 Å². The van der Waals surface area contributed by atoms with Gasteiger partial charge < -0.3 is 10.4 Å². The second kappa shape index (κ2) is 6.41. The average molecular weight is 304 g/mol. The number of aromatic nitrogens is 2. The van der Waals surface area contributed by atoms with Crippen LogP contribution in [0.25, 0.3) is 11.4 Å². The molecule has 0 unspecified atom stereocenters. The third-order valence-corrected chi connectivity index (χ3v) is 3.94. The standard InChI is InChI=1S/C16H18ClN3O/c17-12-7-5-11(6-8-12)15-19-14-4-2-1-3-13(14)16(20-15)18-9-10-21/h5-8,21H,1-4,9-10H2,(H,18,19,20). The number of fused-ring (bicyclic) bond motifs is 1. The van der Waals surface area contributed by atoms with Gasteiger partial charge in [0.05, 0.1) is 6.61 Å². The van der Waals surface area contributed by atoms with E-state index in [0.717, 1.165) is 29.9 Å². The first-order chi connectivity index (χ1) is 10.3. The maximum Gasteiger partial charge on any atom is 0.161 e. The fraction of sp³-hybridized carbons (Fsp3) is 0.375. The number of nitrogens with zero attached hydrogens (tertiary/aromatic N) is 2. The molecule has 2 aromatic rings. The van der Waals surface area contributed by atoms with Gasteiger partial charge in [-0.15, -0.1) is 0 Å². The fourth-order valence-corrected chi connectivity index (χ4v) is 2.77. The number of rotatable bonds is 4. The summed E-state index contributed by atoms with van der Waals surface area (Å²) in [5.41, 5.74) is 3.29. The Morgan fingerprint density at radius 1 is 1.10 bits per heavy atom. The second-order valence-corrected chi connectivity index (χ2v) is 5.62. The number of benzene rings is 1. The molecule has 1 aromatic carbocycles. The summed E-state index contributed by atoms with van der Waals surface area (Å²) >= 11 is 5.93. The van der Waals surface area contributed by atoms with Gasteiger partial charge in [-0.25, -0.2) is 9.97 Å². The highest BCUT2D eigenvalue weighted by molar-refractivity contribution is 6.30. The van der Waals surface area contributed by atoms with Crippen molar-refractivity contribution in [1.82, 2.24) is 9.97 Å². The average Bonchev–Trinajstić information content (AvgIpc) is 2.53. The summed E-state index contributed by atoms with van der Waals surface area (Å²) in [6, 6.07) is 7.56. The van der Waals surface area contributed by atoms with Crippen LogP contribution in [-0.4, -0.2) is 28.2 Å². The minimum absolute atomic E-state index is 0.0923. The van der Waals surface area contributed by atoms with Gasteiger partial charge >= 0.3 is 0 Å². The Hall–Kier alpha value is -1.65. The molecule has 0 atom stereocenters. The van der Waals surface area contributed by atoms with Crippen LogP contribution in [0.1, 0.15) is 24.1 Å². The van der Waals surface area contributed by atoms with E-state index in [2.05, 4.69) is 10.3 Å². The van der Waals surface area contributed by atoms with Crippen LogP contribution in [0.2, 0.25) is 5.02 Å². The highest BCUT2D eigenvalue weighted by atomic mass is 35.5. The van der Waals surface area contributed by atoms with Crippen LogP contribution in [0.5, 0.6) is 0 Å². The van der Waals surface area contributed by atoms with Gasteiger partial charge in [-0.2, -0.15) is 0 Å². The zero-order chi connectivity index (χ0) is 14.7. The maximum absolute atomic E-state index is 9.03. The molecule has 1 aliphatic carbocycles. The number of hydrogen-bond donors (Lipinski definition) is 2. The van der Waals surface area contributed by atoms with Crippen LogP contribution in [0.4, 0.5) is 5.82 Å². The van der Waals surface area contributed by atoms with Crippen molar-refractivity contribution >= 4 is 17.4 Å². The summed E-state index contributed by atoms with van der Waals surface area (Å²) in [5.74, 6) is 1.58. The topological polar surface area (TPSA) is 58.0 Å². The molecule has 0 spiro atoms. The number of hydrogen-bond acceptors (Lipinski definition) is 4. The summed E-state index contributed by atoms with van der Waals surface area (Å²) < 4.78 is 0. The predicted octanol–water partition coefficient (Wildman–Crippen LogP) is 3.08. The SMILES string of the molecule is OCCNc1nc(-c2ccc(Cl)cc2)nc2c1CCCC2. The third-order valence-electron chi connectivity index (χ3n) is 3.69. The Bertz CT molecular complexity index is 628. The Balaban J connectivity index is 2.02. The van der Waals surface area contributed by atoms with Gasteiger partial charge in [-0.05, 0) is 49.9 Å². The molecule has 110 valence electrons. The van der Waals surface area contributed by atoms with Crippen molar-refractivity contribution in [2.75, 3.05) is 18.5 Å². The monoisotopic (exact) mass is 303 g/mol. The Labute approximate surface area is 129 Å². The quantitative estimate of drug-likeness (QED) is 0.911. The molecule has 1 aliphatic rings. The van der Waals surface area contributed by atoms with Gasteiger partial charge in [0.15, 0.2) is 5.82 Å². The normalized spacial score (nSPS) is 13.8. The molecule has 0 radical (unpaired) electrons. The van der Waals surface area contributed by atoms with E-state index in [9.17, 15) is 0 Å². The molecule has 0 saturated carbocycles. The molecule has 21 heavy (non-hydrogen) atoms. The lowest BCUT2D eigenvalue weighted by atomic mass is 9.96. The maximum atomic E-state index is 9.03. The van der Waals surface area contributed by atoms with Crippen LogP contribution in [-0.2, 0) is 12.8 Å². The van der Waals surface area contributed by atoms with Gasteiger partial charge in [0.25, 0.3) is 0 Å². The number of aliphatic hydroxyl groups excluding tert-OH is 1. The second-order valence-electron chi connectivity index (χ2n) is 5.19. The van der Waals surface area contributed by atoms with Crippen LogP contribution in [0.3, 0.4) is 0 Å². The van der Waals surface area contributed by atoms with E-state index < -0.39 is 0 Å². The van der Waals surface area contributed by atoms with Crippen molar-refractivity contribution in [2.45, 2.75) is 25.7 Å². The van der Waals surface area contributed by atoms with E-state index >= 15 is 0 Å². The molecule has 5 heteroatoms. The van der Waals surface area contributed by atoms with E-state index in [1.807, 2.05) is 24.3 Å². The molecule has 1 aromatic heterocycles. The van der Waals surface area contributed by atoms with Gasteiger partial charge in [0, 0.05) is 28.4 Å². The van der Waals surface area contributed by atoms with E-state index in [1.54, 1.807) is 0 Å². The molecule has 2 N–H and O–H groups in total. The molecule has 0 aliphatic heterocycles. The van der Waals surface area contributed by atoms with Crippen LogP contribution in [0.15, 0.2) is 24.3 Å². The van der Waals surface area contributed by atoms with Crippen molar-refractivity contribution in [3.63, 3.8) is 0 Å². The number of aliphatic hydroxyl groups is 1. The zero-order valence-electron chi connectivity index (χ0n) is 11.8. The van der Waals surface area contributed by atoms with Gasteiger partial charge in [0.1, 0.15) is 5.82 Å².